The first-order valence-corrected chi connectivity index (χ1v) is 8.08. The lowest BCUT2D eigenvalue weighted by molar-refractivity contribution is -0.133. The number of nitrogens with two attached hydrogens (primary N) is 1. The summed E-state index contributed by atoms with van der Waals surface area (Å²) in [5.41, 5.74) is 8.72. The van der Waals surface area contributed by atoms with Crippen molar-refractivity contribution in [3.63, 3.8) is 0 Å². The first kappa shape index (κ1) is 16.2. The fourth-order valence-electron chi connectivity index (χ4n) is 3.03. The molecule has 0 spiro atoms. The number of piperazine rings is 1. The van der Waals surface area contributed by atoms with Crippen molar-refractivity contribution in [2.45, 2.75) is 19.0 Å². The highest BCUT2D eigenvalue weighted by Gasteiger charge is 2.30. The van der Waals surface area contributed by atoms with Crippen molar-refractivity contribution in [1.29, 1.82) is 0 Å². The van der Waals surface area contributed by atoms with Crippen LogP contribution in [0.4, 0.5) is 0 Å². The minimum Gasteiger partial charge on any atom is -0.370 e. The summed E-state index contributed by atoms with van der Waals surface area (Å²) in [6.45, 7) is 1.93. The Morgan fingerprint density at radius 1 is 1.08 bits per heavy atom. The molecule has 1 atom stereocenters. The number of primary amides is 1. The van der Waals surface area contributed by atoms with E-state index in [0.29, 0.717) is 19.6 Å². The third-order valence-electron chi connectivity index (χ3n) is 4.28. The molecule has 0 aliphatic carbocycles. The molecule has 0 bridgehead atoms. The molecule has 2 aromatic rings. The number of nitrogens with one attached hydrogen (secondary N) is 1. The van der Waals surface area contributed by atoms with Crippen LogP contribution in [0.1, 0.15) is 12.0 Å². The van der Waals surface area contributed by atoms with Gasteiger partial charge in [0.1, 0.15) is 0 Å². The summed E-state index contributed by atoms with van der Waals surface area (Å²) >= 11 is 0. The van der Waals surface area contributed by atoms with Crippen LogP contribution in [0.2, 0.25) is 0 Å². The van der Waals surface area contributed by atoms with E-state index in [0.717, 1.165) is 11.1 Å². The molecule has 1 aliphatic rings. The van der Waals surface area contributed by atoms with Gasteiger partial charge in [-0.25, -0.2) is 0 Å². The fraction of sp³-hybridized carbons (Fsp3) is 0.263. The Bertz CT molecular complexity index is 713. The second-order valence-electron chi connectivity index (χ2n) is 6.01. The third-order valence-corrected chi connectivity index (χ3v) is 4.28. The molecule has 5 heteroatoms. The zero-order valence-corrected chi connectivity index (χ0v) is 13.4. The zero-order chi connectivity index (χ0) is 16.9. The van der Waals surface area contributed by atoms with Crippen LogP contribution in [-0.4, -0.2) is 35.8 Å². The van der Waals surface area contributed by atoms with Crippen molar-refractivity contribution in [3.8, 4) is 11.1 Å². The lowest BCUT2D eigenvalue weighted by Crippen LogP contribution is -2.55. The average Bonchev–Trinajstić information content (AvgIpc) is 2.59. The van der Waals surface area contributed by atoms with Crippen LogP contribution < -0.4 is 11.1 Å². The molecule has 1 saturated heterocycles. The molecular weight excluding hydrogens is 302 g/mol. The maximum atomic E-state index is 12.0. The minimum atomic E-state index is -0.481. The molecule has 1 aliphatic heterocycles. The highest BCUT2D eigenvalue weighted by atomic mass is 16.2. The summed E-state index contributed by atoms with van der Waals surface area (Å²) in [7, 11) is 0. The van der Waals surface area contributed by atoms with Crippen LogP contribution in [0, 0.1) is 0 Å². The van der Waals surface area contributed by atoms with E-state index >= 15 is 0 Å². The van der Waals surface area contributed by atoms with Gasteiger partial charge in [-0.2, -0.15) is 0 Å². The summed E-state index contributed by atoms with van der Waals surface area (Å²) < 4.78 is 0. The quantitative estimate of drug-likeness (QED) is 0.876. The first-order chi connectivity index (χ1) is 11.6. The van der Waals surface area contributed by atoms with Crippen LogP contribution in [0.25, 0.3) is 11.1 Å². The number of carbonyl (C=O) groups is 2. The summed E-state index contributed by atoms with van der Waals surface area (Å²) in [5, 5.41) is 2.80. The summed E-state index contributed by atoms with van der Waals surface area (Å²) in [6, 6.07) is 18.0. The Morgan fingerprint density at radius 3 is 2.42 bits per heavy atom. The van der Waals surface area contributed by atoms with Crippen molar-refractivity contribution < 1.29 is 9.59 Å². The SMILES string of the molecule is NC(=O)CC1C(=O)NCCN1Cc1ccc(-c2ccccc2)cc1. The number of hydrogen-bond acceptors (Lipinski definition) is 3. The number of rotatable bonds is 5. The van der Waals surface area contributed by atoms with Crippen molar-refractivity contribution in [2.24, 2.45) is 5.73 Å². The van der Waals surface area contributed by atoms with Crippen molar-refractivity contribution >= 4 is 11.8 Å². The van der Waals surface area contributed by atoms with E-state index in [4.69, 9.17) is 5.73 Å². The molecule has 3 rings (SSSR count). The number of carbonyl (C=O) groups excluding carboxylic acids is 2. The van der Waals surface area contributed by atoms with E-state index in [1.165, 1.54) is 5.56 Å². The maximum absolute atomic E-state index is 12.0. The Morgan fingerprint density at radius 2 is 1.75 bits per heavy atom. The van der Waals surface area contributed by atoms with E-state index in [2.05, 4.69) is 41.7 Å². The highest BCUT2D eigenvalue weighted by molar-refractivity contribution is 5.88. The van der Waals surface area contributed by atoms with Crippen LogP contribution in [0.3, 0.4) is 0 Å². The van der Waals surface area contributed by atoms with Gasteiger partial charge in [-0.3, -0.25) is 14.5 Å². The molecule has 1 heterocycles. The Balaban J connectivity index is 1.72. The van der Waals surface area contributed by atoms with E-state index in [1.807, 2.05) is 23.1 Å². The minimum absolute atomic E-state index is 0.0495. The van der Waals surface area contributed by atoms with Gasteiger partial charge in [0.15, 0.2) is 0 Å². The standard InChI is InChI=1S/C19H21N3O2/c20-18(23)12-17-19(24)21-10-11-22(17)13-14-6-8-16(9-7-14)15-4-2-1-3-5-15/h1-9,17H,10-13H2,(H2,20,23)(H,21,24). The van der Waals surface area contributed by atoms with Crippen LogP contribution in [0.5, 0.6) is 0 Å². The van der Waals surface area contributed by atoms with Gasteiger partial charge < -0.3 is 11.1 Å². The Labute approximate surface area is 141 Å². The number of hydrogen-bond donors (Lipinski definition) is 2. The molecule has 0 saturated carbocycles. The molecule has 1 fully saturated rings. The zero-order valence-electron chi connectivity index (χ0n) is 13.4. The van der Waals surface area contributed by atoms with Gasteiger partial charge in [-0.05, 0) is 16.7 Å². The number of benzene rings is 2. The summed E-state index contributed by atoms with van der Waals surface area (Å²) in [5.74, 6) is -0.581. The summed E-state index contributed by atoms with van der Waals surface area (Å²) in [4.78, 5) is 25.3. The normalized spacial score (nSPS) is 18.2. The van der Waals surface area contributed by atoms with Crippen molar-refractivity contribution in [1.82, 2.24) is 10.2 Å². The molecular formula is C19H21N3O2. The van der Waals surface area contributed by atoms with Crippen LogP contribution >= 0.6 is 0 Å². The first-order valence-electron chi connectivity index (χ1n) is 8.08. The van der Waals surface area contributed by atoms with Gasteiger partial charge in [0.2, 0.25) is 11.8 Å². The maximum Gasteiger partial charge on any atom is 0.237 e. The third kappa shape index (κ3) is 3.81. The second-order valence-corrected chi connectivity index (χ2v) is 6.01. The number of amides is 2. The monoisotopic (exact) mass is 323 g/mol. The molecule has 124 valence electrons. The number of nitrogens with zero attached hydrogens (tertiary/aromatic N) is 1. The van der Waals surface area contributed by atoms with Gasteiger partial charge >= 0.3 is 0 Å². The second kappa shape index (κ2) is 7.27. The molecule has 2 amide bonds. The molecule has 3 N–H and O–H groups in total. The largest absolute Gasteiger partial charge is 0.370 e. The lowest BCUT2D eigenvalue weighted by Gasteiger charge is -2.34. The van der Waals surface area contributed by atoms with Crippen molar-refractivity contribution in [3.05, 3.63) is 60.2 Å². The summed E-state index contributed by atoms with van der Waals surface area (Å²) in [6.07, 6.45) is 0.0495. The van der Waals surface area contributed by atoms with Gasteiger partial charge in [0.05, 0.1) is 12.5 Å². The van der Waals surface area contributed by atoms with E-state index in [-0.39, 0.29) is 12.3 Å². The highest BCUT2D eigenvalue weighted by Crippen LogP contribution is 2.21. The predicted molar refractivity (Wildman–Crippen MR) is 92.9 cm³/mol. The molecule has 1 unspecified atom stereocenters. The van der Waals surface area contributed by atoms with Gasteiger partial charge in [0.25, 0.3) is 0 Å². The van der Waals surface area contributed by atoms with E-state index in [9.17, 15) is 9.59 Å². The van der Waals surface area contributed by atoms with Gasteiger partial charge in [-0.15, -0.1) is 0 Å². The van der Waals surface area contributed by atoms with Crippen LogP contribution in [-0.2, 0) is 16.1 Å². The smallest absolute Gasteiger partial charge is 0.237 e. The average molecular weight is 323 g/mol. The van der Waals surface area contributed by atoms with E-state index in [1.54, 1.807) is 0 Å². The molecule has 0 radical (unpaired) electrons. The van der Waals surface area contributed by atoms with Crippen LogP contribution in [0.15, 0.2) is 54.6 Å². The Hall–Kier alpha value is -2.66. The fourth-order valence-corrected chi connectivity index (χ4v) is 3.03. The Kier molecular flexibility index (Phi) is 4.91. The molecule has 0 aromatic heterocycles. The van der Waals surface area contributed by atoms with E-state index < -0.39 is 11.9 Å². The predicted octanol–water partition coefficient (Wildman–Crippen LogP) is 1.53. The lowest BCUT2D eigenvalue weighted by atomic mass is 10.0. The van der Waals surface area contributed by atoms with Crippen molar-refractivity contribution in [2.75, 3.05) is 13.1 Å². The van der Waals surface area contributed by atoms with Gasteiger partial charge in [-0.1, -0.05) is 54.6 Å². The topological polar surface area (TPSA) is 75.4 Å². The molecule has 2 aromatic carbocycles. The molecule has 24 heavy (non-hydrogen) atoms. The molecule has 5 nitrogen and oxygen atoms in total. The van der Waals surface area contributed by atoms with Gasteiger partial charge in [0, 0.05) is 19.6 Å².